The lowest BCUT2D eigenvalue weighted by Gasteiger charge is -2.30. The van der Waals surface area contributed by atoms with Gasteiger partial charge in [-0.05, 0) is 66.3 Å². The van der Waals surface area contributed by atoms with Crippen molar-refractivity contribution in [2.75, 3.05) is 5.32 Å². The predicted molar refractivity (Wildman–Crippen MR) is 161 cm³/mol. The highest BCUT2D eigenvalue weighted by atomic mass is 16.2. The number of hydrogen-bond acceptors (Lipinski definition) is 5. The summed E-state index contributed by atoms with van der Waals surface area (Å²) in [5, 5.41) is 4.98. The van der Waals surface area contributed by atoms with Gasteiger partial charge in [-0.25, -0.2) is 9.99 Å². The van der Waals surface area contributed by atoms with Gasteiger partial charge < -0.3 is 5.32 Å². The molecule has 3 N–H and O–H groups in total. The van der Waals surface area contributed by atoms with Gasteiger partial charge in [0.05, 0.1) is 5.69 Å². The Kier molecular flexibility index (Phi) is 9.71. The van der Waals surface area contributed by atoms with Crippen molar-refractivity contribution in [3.8, 4) is 11.3 Å². The van der Waals surface area contributed by atoms with Crippen LogP contribution in [0.25, 0.3) is 11.3 Å². The van der Waals surface area contributed by atoms with Crippen molar-refractivity contribution in [2.45, 2.75) is 90.6 Å². The summed E-state index contributed by atoms with van der Waals surface area (Å²) in [6.45, 7) is 10.7. The number of carbonyl (C=O) groups excluding carboxylic acids is 2. The molecule has 0 spiro atoms. The normalized spacial score (nSPS) is 16.5. The lowest BCUT2D eigenvalue weighted by molar-refractivity contribution is -0.122. The molecule has 40 heavy (non-hydrogen) atoms. The Balaban J connectivity index is 1.48. The molecule has 2 heterocycles. The third-order valence-electron chi connectivity index (χ3n) is 7.53. The summed E-state index contributed by atoms with van der Waals surface area (Å²) in [6, 6.07) is 23.0. The number of pyridine rings is 1. The quantitative estimate of drug-likeness (QED) is 0.279. The van der Waals surface area contributed by atoms with Gasteiger partial charge in [-0.15, -0.1) is 0 Å². The van der Waals surface area contributed by atoms with E-state index in [9.17, 15) is 9.59 Å². The van der Waals surface area contributed by atoms with Crippen molar-refractivity contribution >= 4 is 17.6 Å². The van der Waals surface area contributed by atoms with E-state index in [0.29, 0.717) is 12.2 Å². The number of carbonyl (C=O) groups is 2. The Morgan fingerprint density at radius 2 is 1.70 bits per heavy atom. The Bertz CT molecular complexity index is 1280. The highest BCUT2D eigenvalue weighted by molar-refractivity contribution is 5.90. The minimum absolute atomic E-state index is 0.0208. The first-order valence-corrected chi connectivity index (χ1v) is 14.5. The molecular formula is C33H43N5O2. The van der Waals surface area contributed by atoms with Gasteiger partial charge in [0, 0.05) is 18.0 Å². The SMILES string of the molecule is CCCC(=O)Nc1cccc(-c2ccc(CC(CCc3ccc(C(C)(C)C)cc3)N3NNC(=O)C3CC)cc2)n1. The van der Waals surface area contributed by atoms with Crippen molar-refractivity contribution in [2.24, 2.45) is 0 Å². The Morgan fingerprint density at radius 1 is 1.00 bits per heavy atom. The van der Waals surface area contributed by atoms with Crippen LogP contribution in [0.5, 0.6) is 0 Å². The smallest absolute Gasteiger partial charge is 0.253 e. The average Bonchev–Trinajstić information content (AvgIpc) is 3.31. The number of hydrogen-bond donors (Lipinski definition) is 3. The van der Waals surface area contributed by atoms with E-state index in [1.165, 1.54) is 16.7 Å². The lowest BCUT2D eigenvalue weighted by atomic mass is 9.86. The maximum atomic E-state index is 12.5. The Morgan fingerprint density at radius 3 is 2.35 bits per heavy atom. The number of rotatable bonds is 11. The Labute approximate surface area is 238 Å². The number of nitrogens with one attached hydrogen (secondary N) is 3. The minimum atomic E-state index is -0.192. The van der Waals surface area contributed by atoms with Gasteiger partial charge in [0.2, 0.25) is 5.91 Å². The van der Waals surface area contributed by atoms with Crippen molar-refractivity contribution < 1.29 is 9.59 Å². The van der Waals surface area contributed by atoms with Gasteiger partial charge in [0.15, 0.2) is 0 Å². The van der Waals surface area contributed by atoms with E-state index in [2.05, 4.69) is 95.6 Å². The Hall–Kier alpha value is -3.55. The minimum Gasteiger partial charge on any atom is -0.311 e. The molecule has 1 aliphatic rings. The van der Waals surface area contributed by atoms with Crippen LogP contribution in [0.1, 0.15) is 77.0 Å². The molecule has 0 bridgehead atoms. The molecular weight excluding hydrogens is 498 g/mol. The summed E-state index contributed by atoms with van der Waals surface area (Å²) in [6.07, 6.45) is 4.67. The van der Waals surface area contributed by atoms with Crippen molar-refractivity contribution in [3.63, 3.8) is 0 Å². The number of hydrazine groups is 2. The molecule has 0 radical (unpaired) electrons. The highest BCUT2D eigenvalue weighted by Gasteiger charge is 2.35. The first-order chi connectivity index (χ1) is 19.2. The molecule has 1 saturated heterocycles. The summed E-state index contributed by atoms with van der Waals surface area (Å²) >= 11 is 0. The van der Waals surface area contributed by atoms with E-state index in [1.807, 2.05) is 32.0 Å². The van der Waals surface area contributed by atoms with Crippen molar-refractivity contribution in [1.82, 2.24) is 21.0 Å². The fraction of sp³-hybridized carbons (Fsp3) is 0.424. The fourth-order valence-electron chi connectivity index (χ4n) is 5.16. The van der Waals surface area contributed by atoms with E-state index in [1.54, 1.807) is 0 Å². The zero-order valence-electron chi connectivity index (χ0n) is 24.5. The third-order valence-corrected chi connectivity index (χ3v) is 7.53. The summed E-state index contributed by atoms with van der Waals surface area (Å²) in [7, 11) is 0. The molecule has 1 aliphatic heterocycles. The molecule has 0 saturated carbocycles. The molecule has 2 atom stereocenters. The van der Waals surface area contributed by atoms with Crippen molar-refractivity contribution in [1.29, 1.82) is 0 Å². The summed E-state index contributed by atoms with van der Waals surface area (Å²) in [5.41, 5.74) is 11.7. The molecule has 1 fully saturated rings. The molecule has 1 aromatic heterocycles. The number of anilines is 1. The second kappa shape index (κ2) is 13.2. The third kappa shape index (κ3) is 7.55. The van der Waals surface area contributed by atoms with Crippen LogP contribution >= 0.6 is 0 Å². The van der Waals surface area contributed by atoms with Crippen LogP contribution in [0.3, 0.4) is 0 Å². The predicted octanol–water partition coefficient (Wildman–Crippen LogP) is 5.96. The molecule has 212 valence electrons. The van der Waals surface area contributed by atoms with Crippen LogP contribution in [0.4, 0.5) is 5.82 Å². The molecule has 2 amide bonds. The van der Waals surface area contributed by atoms with E-state index in [-0.39, 0.29) is 29.3 Å². The average molecular weight is 542 g/mol. The van der Waals surface area contributed by atoms with Gasteiger partial charge in [-0.1, -0.05) is 89.2 Å². The lowest BCUT2D eigenvalue weighted by Crippen LogP contribution is -2.48. The van der Waals surface area contributed by atoms with Crippen LogP contribution in [0.15, 0.2) is 66.7 Å². The topological polar surface area (TPSA) is 86.4 Å². The van der Waals surface area contributed by atoms with Crippen LogP contribution in [-0.2, 0) is 27.8 Å². The maximum Gasteiger partial charge on any atom is 0.253 e. The van der Waals surface area contributed by atoms with Gasteiger partial charge in [0.25, 0.3) is 5.91 Å². The second-order valence-electron chi connectivity index (χ2n) is 11.7. The van der Waals surface area contributed by atoms with Crippen molar-refractivity contribution in [3.05, 3.63) is 83.4 Å². The van der Waals surface area contributed by atoms with Gasteiger partial charge in [-0.3, -0.25) is 15.0 Å². The number of aromatic nitrogens is 1. The van der Waals surface area contributed by atoms with Crippen LogP contribution in [0.2, 0.25) is 0 Å². The second-order valence-corrected chi connectivity index (χ2v) is 11.7. The van der Waals surface area contributed by atoms with Gasteiger partial charge in [0.1, 0.15) is 11.9 Å². The zero-order valence-corrected chi connectivity index (χ0v) is 24.5. The molecule has 7 nitrogen and oxygen atoms in total. The number of benzene rings is 2. The molecule has 2 aromatic carbocycles. The summed E-state index contributed by atoms with van der Waals surface area (Å²) < 4.78 is 0. The standard InChI is InChI=1S/C33H43N5O2/c1-6-9-31(39)35-30-11-8-10-28(34-30)25-17-12-24(13-18-25)22-27(38-29(7-2)32(40)36-37-38)21-16-23-14-19-26(20-15-23)33(3,4)5/h8,10-15,17-20,27,29,37H,6-7,9,16,21-22H2,1-5H3,(H,36,40)(H,34,35,39). The molecule has 7 heteroatoms. The molecule has 4 rings (SSSR count). The number of amides is 2. The van der Waals surface area contributed by atoms with E-state index < -0.39 is 0 Å². The van der Waals surface area contributed by atoms with Gasteiger partial charge in [-0.2, -0.15) is 5.53 Å². The van der Waals surface area contributed by atoms with Crippen LogP contribution in [0, 0.1) is 0 Å². The first kappa shape index (κ1) is 29.4. The van der Waals surface area contributed by atoms with Crippen LogP contribution < -0.4 is 16.3 Å². The largest absolute Gasteiger partial charge is 0.311 e. The molecule has 3 aromatic rings. The van der Waals surface area contributed by atoms with Gasteiger partial charge >= 0.3 is 0 Å². The molecule has 2 unspecified atom stereocenters. The van der Waals surface area contributed by atoms with E-state index in [0.717, 1.165) is 43.4 Å². The number of nitrogens with zero attached hydrogens (tertiary/aromatic N) is 2. The zero-order chi connectivity index (χ0) is 28.7. The first-order valence-electron chi connectivity index (χ1n) is 14.5. The summed E-state index contributed by atoms with van der Waals surface area (Å²) in [5.74, 6) is 0.570. The monoisotopic (exact) mass is 541 g/mol. The fourth-order valence-corrected chi connectivity index (χ4v) is 5.16. The maximum absolute atomic E-state index is 12.5. The van der Waals surface area contributed by atoms with Crippen LogP contribution in [-0.4, -0.2) is 33.9 Å². The summed E-state index contributed by atoms with van der Waals surface area (Å²) in [4.78, 5) is 29.1. The number of aryl methyl sites for hydroxylation is 1. The van der Waals surface area contributed by atoms with E-state index in [4.69, 9.17) is 0 Å². The van der Waals surface area contributed by atoms with E-state index >= 15 is 0 Å². The highest BCUT2D eigenvalue weighted by Crippen LogP contribution is 2.25. The molecule has 0 aliphatic carbocycles.